The van der Waals surface area contributed by atoms with Crippen molar-refractivity contribution in [2.75, 3.05) is 11.9 Å². The van der Waals surface area contributed by atoms with Gasteiger partial charge in [0, 0.05) is 52.9 Å². The third kappa shape index (κ3) is 6.78. The number of benzene rings is 2. The van der Waals surface area contributed by atoms with Gasteiger partial charge in [-0.2, -0.15) is 0 Å². The monoisotopic (exact) mass is 614 g/mol. The van der Waals surface area contributed by atoms with Crippen molar-refractivity contribution in [1.82, 2.24) is 25.3 Å². The molecular formula is C29H29ClF2N6O5. The normalized spacial score (nSPS) is 17.2. The molecule has 3 heterocycles. The number of urea groups is 1. The molecule has 1 fully saturated rings. The molecule has 226 valence electrons. The van der Waals surface area contributed by atoms with E-state index in [1.807, 2.05) is 0 Å². The second kappa shape index (κ2) is 12.8. The highest BCUT2D eigenvalue weighted by Crippen LogP contribution is 2.30. The lowest BCUT2D eigenvalue weighted by atomic mass is 10.1. The highest BCUT2D eigenvalue weighted by Gasteiger charge is 2.39. The molecule has 3 atom stereocenters. The Labute approximate surface area is 249 Å². The van der Waals surface area contributed by atoms with E-state index >= 15 is 0 Å². The van der Waals surface area contributed by atoms with Crippen molar-refractivity contribution in [3.05, 3.63) is 82.6 Å². The van der Waals surface area contributed by atoms with Crippen molar-refractivity contribution in [3.63, 3.8) is 0 Å². The average molecular weight is 615 g/mol. The van der Waals surface area contributed by atoms with Gasteiger partial charge in [0.2, 0.25) is 11.8 Å². The molecular weight excluding hydrogens is 586 g/mol. The lowest BCUT2D eigenvalue weighted by Gasteiger charge is -2.24. The van der Waals surface area contributed by atoms with Gasteiger partial charge in [0.15, 0.2) is 0 Å². The third-order valence-corrected chi connectivity index (χ3v) is 7.50. The summed E-state index contributed by atoms with van der Waals surface area (Å²) in [6.07, 6.45) is 0.523. The summed E-state index contributed by atoms with van der Waals surface area (Å²) in [5.41, 5.74) is 2.27. The molecule has 1 aliphatic heterocycles. The number of hydrogen-bond acceptors (Lipinski definition) is 6. The Bertz CT molecular complexity index is 1640. The van der Waals surface area contributed by atoms with Crippen molar-refractivity contribution in [1.29, 1.82) is 0 Å². The van der Waals surface area contributed by atoms with Crippen LogP contribution in [0.3, 0.4) is 0 Å². The van der Waals surface area contributed by atoms with Gasteiger partial charge in [-0.15, -0.1) is 0 Å². The molecule has 0 spiro atoms. The van der Waals surface area contributed by atoms with Gasteiger partial charge in [-0.1, -0.05) is 28.9 Å². The van der Waals surface area contributed by atoms with E-state index in [9.17, 15) is 28.3 Å². The van der Waals surface area contributed by atoms with Gasteiger partial charge in [-0.25, -0.2) is 13.6 Å². The number of carbonyl (C=O) groups excluding carboxylic acids is 3. The van der Waals surface area contributed by atoms with Gasteiger partial charge < -0.3 is 35.0 Å². The number of carbonyl (C=O) groups is 3. The van der Waals surface area contributed by atoms with Crippen molar-refractivity contribution in [2.45, 2.75) is 51.3 Å². The van der Waals surface area contributed by atoms with E-state index in [1.165, 1.54) is 23.3 Å². The number of anilines is 1. The molecule has 2 aromatic carbocycles. The molecule has 11 nitrogen and oxygen atoms in total. The Morgan fingerprint density at radius 3 is 2.74 bits per heavy atom. The fraction of sp³-hybridized carbons (Fsp3) is 0.310. The van der Waals surface area contributed by atoms with Gasteiger partial charge in [-0.05, 0) is 31.2 Å². The summed E-state index contributed by atoms with van der Waals surface area (Å²) in [6, 6.07) is 9.48. The van der Waals surface area contributed by atoms with E-state index in [-0.39, 0.29) is 43.2 Å². The number of alkyl halides is 1. The Morgan fingerprint density at radius 2 is 2.00 bits per heavy atom. The number of likely N-dealkylation sites (tertiary alicyclic amines) is 1. The number of nitrogens with one attached hydrogen (secondary N) is 3. The number of nitrogens with zero attached hydrogens (tertiary/aromatic N) is 3. The molecule has 0 radical (unpaired) electrons. The van der Waals surface area contributed by atoms with Crippen LogP contribution in [0.4, 0.5) is 19.3 Å². The van der Waals surface area contributed by atoms with E-state index in [0.717, 1.165) is 0 Å². The van der Waals surface area contributed by atoms with Crippen molar-refractivity contribution in [2.24, 2.45) is 0 Å². The summed E-state index contributed by atoms with van der Waals surface area (Å²) in [6.45, 7) is 1.07. The molecule has 0 saturated carbocycles. The Balaban J connectivity index is 1.28. The molecule has 14 heteroatoms. The van der Waals surface area contributed by atoms with Crippen LogP contribution < -0.4 is 16.0 Å². The zero-order valence-corrected chi connectivity index (χ0v) is 23.8. The first-order chi connectivity index (χ1) is 20.6. The van der Waals surface area contributed by atoms with Crippen LogP contribution >= 0.6 is 11.6 Å². The summed E-state index contributed by atoms with van der Waals surface area (Å²) in [5, 5.41) is 22.6. The predicted molar refractivity (Wildman–Crippen MR) is 153 cm³/mol. The SMILES string of the molecule is CC(O)c1cn(CC(=O)N2C[C@H](F)C[C@H]2C(=O)NCc2cccc(Cl)c2F)c2ccc(NC(=O)NCc3ccon3)cc12. The van der Waals surface area contributed by atoms with Gasteiger partial charge in [-0.3, -0.25) is 9.59 Å². The fourth-order valence-corrected chi connectivity index (χ4v) is 5.27. The summed E-state index contributed by atoms with van der Waals surface area (Å²) >= 11 is 5.81. The Hall–Kier alpha value is -4.49. The highest BCUT2D eigenvalue weighted by atomic mass is 35.5. The summed E-state index contributed by atoms with van der Waals surface area (Å²) in [5.74, 6) is -1.77. The summed E-state index contributed by atoms with van der Waals surface area (Å²) in [4.78, 5) is 39.9. The van der Waals surface area contributed by atoms with Crippen molar-refractivity contribution >= 4 is 46.0 Å². The van der Waals surface area contributed by atoms with Crippen LogP contribution in [0.2, 0.25) is 5.02 Å². The standard InChI is InChI=1S/C29H29ClF2N6O5/c1-16(39)22-14-37(24-6-5-19(10-21(22)24)35-29(42)34-12-20-7-8-43-36-20)15-26(40)38-13-18(31)9-25(38)28(41)33-11-17-3-2-4-23(30)27(17)32/h2-8,10,14,16,18,25,39H,9,11-13,15H2,1H3,(H,33,41)(H2,34,35,42)/t16?,18-,25+/m1/s1. The van der Waals surface area contributed by atoms with Crippen LogP contribution in [0.25, 0.3) is 10.9 Å². The maximum atomic E-state index is 14.5. The number of aromatic nitrogens is 2. The Morgan fingerprint density at radius 1 is 1.19 bits per heavy atom. The molecule has 2 aromatic heterocycles. The molecule has 1 saturated heterocycles. The first-order valence-electron chi connectivity index (χ1n) is 13.5. The van der Waals surface area contributed by atoms with Crippen molar-refractivity contribution in [3.8, 4) is 0 Å². The van der Waals surface area contributed by atoms with Crippen LogP contribution in [0.1, 0.15) is 36.3 Å². The van der Waals surface area contributed by atoms with E-state index in [4.69, 9.17) is 16.1 Å². The van der Waals surface area contributed by atoms with Crippen LogP contribution in [-0.2, 0) is 29.2 Å². The van der Waals surface area contributed by atoms with E-state index in [1.54, 1.807) is 48.0 Å². The van der Waals surface area contributed by atoms with Crippen molar-refractivity contribution < 1.29 is 32.8 Å². The van der Waals surface area contributed by atoms with Gasteiger partial charge in [0.05, 0.1) is 24.2 Å². The number of fused-ring (bicyclic) bond motifs is 1. The quantitative estimate of drug-likeness (QED) is 0.224. The van der Waals surface area contributed by atoms with Crippen LogP contribution in [0.5, 0.6) is 0 Å². The van der Waals surface area contributed by atoms with E-state index in [2.05, 4.69) is 21.1 Å². The van der Waals surface area contributed by atoms with E-state index < -0.39 is 42.0 Å². The molecule has 1 aliphatic rings. The molecule has 4 aromatic rings. The summed E-state index contributed by atoms with van der Waals surface area (Å²) < 4.78 is 35.1. The number of amides is 4. The van der Waals surface area contributed by atoms with Gasteiger partial charge >= 0.3 is 6.03 Å². The average Bonchev–Trinajstić information content (AvgIpc) is 3.72. The lowest BCUT2D eigenvalue weighted by molar-refractivity contribution is -0.139. The van der Waals surface area contributed by atoms with Gasteiger partial charge in [0.1, 0.15) is 36.5 Å². The molecule has 4 amide bonds. The number of hydrogen-bond donors (Lipinski definition) is 4. The molecule has 0 bridgehead atoms. The minimum absolute atomic E-state index is 0.0853. The van der Waals surface area contributed by atoms with Gasteiger partial charge in [0.25, 0.3) is 0 Å². The zero-order valence-electron chi connectivity index (χ0n) is 23.0. The highest BCUT2D eigenvalue weighted by molar-refractivity contribution is 6.30. The fourth-order valence-electron chi connectivity index (χ4n) is 5.07. The maximum Gasteiger partial charge on any atom is 0.319 e. The maximum absolute atomic E-state index is 14.5. The number of rotatable bonds is 9. The molecule has 5 rings (SSSR count). The number of halogens is 3. The van der Waals surface area contributed by atoms with Crippen LogP contribution in [0, 0.1) is 5.82 Å². The second-order valence-electron chi connectivity index (χ2n) is 10.2. The van der Waals surface area contributed by atoms with Crippen LogP contribution in [-0.4, -0.2) is 56.3 Å². The summed E-state index contributed by atoms with van der Waals surface area (Å²) in [7, 11) is 0. The minimum Gasteiger partial charge on any atom is -0.389 e. The third-order valence-electron chi connectivity index (χ3n) is 7.20. The molecule has 0 aliphatic carbocycles. The number of aliphatic hydroxyl groups excluding tert-OH is 1. The first kappa shape index (κ1) is 30.0. The second-order valence-corrected chi connectivity index (χ2v) is 10.7. The van der Waals surface area contributed by atoms with Crippen LogP contribution in [0.15, 0.2) is 59.4 Å². The molecule has 1 unspecified atom stereocenters. The molecule has 4 N–H and O–H groups in total. The largest absolute Gasteiger partial charge is 0.389 e. The molecule has 43 heavy (non-hydrogen) atoms. The smallest absolute Gasteiger partial charge is 0.319 e. The first-order valence-corrected chi connectivity index (χ1v) is 13.9. The predicted octanol–water partition coefficient (Wildman–Crippen LogP) is 4.05. The Kier molecular flexibility index (Phi) is 8.92. The zero-order chi connectivity index (χ0) is 30.7. The lowest BCUT2D eigenvalue weighted by Crippen LogP contribution is -2.46. The number of aliphatic hydroxyl groups is 1. The van der Waals surface area contributed by atoms with E-state index in [0.29, 0.717) is 27.8 Å². The topological polar surface area (TPSA) is 142 Å². The minimum atomic E-state index is -1.40.